The van der Waals surface area contributed by atoms with Gasteiger partial charge in [0.25, 0.3) is 15.9 Å². The van der Waals surface area contributed by atoms with Gasteiger partial charge in [-0.2, -0.15) is 5.10 Å². The van der Waals surface area contributed by atoms with Gasteiger partial charge < -0.3 is 5.11 Å². The number of hydrogen-bond donors (Lipinski definition) is 2. The van der Waals surface area contributed by atoms with Crippen molar-refractivity contribution in [3.05, 3.63) is 89.7 Å². The van der Waals surface area contributed by atoms with Crippen LogP contribution < -0.4 is 9.73 Å². The number of carbonyl (C=O) groups is 1. The van der Waals surface area contributed by atoms with Crippen molar-refractivity contribution in [1.29, 1.82) is 0 Å². The lowest BCUT2D eigenvalue weighted by Crippen LogP contribution is -2.39. The Morgan fingerprint density at radius 1 is 1.06 bits per heavy atom. The Bertz CT molecular complexity index is 1190. The number of amides is 1. The van der Waals surface area contributed by atoms with E-state index in [1.807, 2.05) is 6.92 Å². The van der Waals surface area contributed by atoms with E-state index in [0.29, 0.717) is 5.56 Å². The zero-order valence-corrected chi connectivity index (χ0v) is 17.4. The van der Waals surface area contributed by atoms with Crippen molar-refractivity contribution in [2.24, 2.45) is 5.10 Å². The van der Waals surface area contributed by atoms with E-state index in [1.54, 1.807) is 42.5 Å². The highest BCUT2D eigenvalue weighted by Crippen LogP contribution is 2.24. The molecule has 9 heteroatoms. The van der Waals surface area contributed by atoms with Crippen molar-refractivity contribution in [2.45, 2.75) is 11.8 Å². The molecule has 0 unspecified atom stereocenters. The number of hydrazone groups is 1. The predicted molar refractivity (Wildman–Crippen MR) is 116 cm³/mol. The van der Waals surface area contributed by atoms with Crippen LogP contribution in [-0.4, -0.2) is 32.2 Å². The number of anilines is 1. The fourth-order valence-corrected chi connectivity index (χ4v) is 4.12. The fraction of sp³-hybridized carbons (Fsp3) is 0.0909. The average molecular weight is 441 g/mol. The molecule has 31 heavy (non-hydrogen) atoms. The maximum Gasteiger partial charge on any atom is 0.264 e. The Morgan fingerprint density at radius 2 is 1.71 bits per heavy atom. The van der Waals surface area contributed by atoms with Crippen molar-refractivity contribution in [3.8, 4) is 5.75 Å². The second kappa shape index (κ2) is 9.40. The molecule has 160 valence electrons. The zero-order valence-electron chi connectivity index (χ0n) is 16.6. The van der Waals surface area contributed by atoms with Crippen LogP contribution in [0.1, 0.15) is 11.1 Å². The first kappa shape index (κ1) is 22.0. The molecule has 0 heterocycles. The van der Waals surface area contributed by atoms with E-state index >= 15 is 0 Å². The molecule has 1 amide bonds. The van der Waals surface area contributed by atoms with Crippen LogP contribution in [0, 0.1) is 12.7 Å². The van der Waals surface area contributed by atoms with Gasteiger partial charge in [0.1, 0.15) is 18.1 Å². The van der Waals surface area contributed by atoms with Crippen LogP contribution in [0.4, 0.5) is 10.1 Å². The van der Waals surface area contributed by atoms with Crippen LogP contribution in [0.3, 0.4) is 0 Å². The first-order valence-corrected chi connectivity index (χ1v) is 10.7. The Hall–Kier alpha value is -3.72. The van der Waals surface area contributed by atoms with Gasteiger partial charge in [-0.1, -0.05) is 29.8 Å². The highest BCUT2D eigenvalue weighted by Gasteiger charge is 2.27. The summed E-state index contributed by atoms with van der Waals surface area (Å²) in [5, 5.41) is 13.5. The van der Waals surface area contributed by atoms with E-state index in [-0.39, 0.29) is 16.3 Å². The number of phenolic OH excluding ortho intramolecular Hbond substituents is 1. The van der Waals surface area contributed by atoms with Gasteiger partial charge in [-0.15, -0.1) is 0 Å². The molecule has 0 aliphatic carbocycles. The molecule has 7 nitrogen and oxygen atoms in total. The van der Waals surface area contributed by atoms with Gasteiger partial charge in [0, 0.05) is 5.56 Å². The number of rotatable bonds is 7. The standard InChI is InChI=1S/C22H20FN3O4S/c1-16-6-10-19(11-7-16)26(31(29,30)20-12-8-18(23)9-13-20)15-22(28)25-24-14-17-4-2-3-5-21(17)27/h2-14,27H,15H2,1H3,(H,25,28)/b24-14+. The summed E-state index contributed by atoms with van der Waals surface area (Å²) in [6.45, 7) is 1.30. The number of benzene rings is 3. The normalized spacial score (nSPS) is 11.4. The first-order valence-electron chi connectivity index (χ1n) is 9.22. The molecule has 0 aromatic heterocycles. The molecule has 3 aromatic carbocycles. The molecule has 0 saturated heterocycles. The molecule has 0 saturated carbocycles. The van der Waals surface area contributed by atoms with Crippen molar-refractivity contribution in [2.75, 3.05) is 10.8 Å². The van der Waals surface area contributed by atoms with E-state index in [0.717, 1.165) is 34.1 Å². The number of aryl methyl sites for hydroxylation is 1. The van der Waals surface area contributed by atoms with E-state index in [9.17, 15) is 22.7 Å². The summed E-state index contributed by atoms with van der Waals surface area (Å²) >= 11 is 0. The van der Waals surface area contributed by atoms with Crippen LogP contribution in [0.2, 0.25) is 0 Å². The summed E-state index contributed by atoms with van der Waals surface area (Å²) in [6.07, 6.45) is 1.25. The van der Waals surface area contributed by atoms with Crippen LogP contribution >= 0.6 is 0 Å². The van der Waals surface area contributed by atoms with Crippen LogP contribution in [-0.2, 0) is 14.8 Å². The number of halogens is 1. The van der Waals surface area contributed by atoms with Crippen molar-refractivity contribution < 1.29 is 22.7 Å². The summed E-state index contributed by atoms with van der Waals surface area (Å²) in [5.41, 5.74) is 3.83. The third-order valence-corrected chi connectivity index (χ3v) is 6.13. The molecule has 0 aliphatic rings. The Kier molecular flexibility index (Phi) is 6.66. The lowest BCUT2D eigenvalue weighted by Gasteiger charge is -2.23. The number of nitrogens with one attached hydrogen (secondary N) is 1. The Morgan fingerprint density at radius 3 is 2.35 bits per heavy atom. The number of nitrogens with zero attached hydrogens (tertiary/aromatic N) is 2. The summed E-state index contributed by atoms with van der Waals surface area (Å²) in [7, 11) is -4.15. The highest BCUT2D eigenvalue weighted by molar-refractivity contribution is 7.92. The van der Waals surface area contributed by atoms with Crippen molar-refractivity contribution in [3.63, 3.8) is 0 Å². The number of aromatic hydroxyl groups is 1. The number of hydrogen-bond acceptors (Lipinski definition) is 5. The van der Waals surface area contributed by atoms with E-state index in [2.05, 4.69) is 10.5 Å². The lowest BCUT2D eigenvalue weighted by atomic mass is 10.2. The fourth-order valence-electron chi connectivity index (χ4n) is 2.70. The molecule has 0 atom stereocenters. The van der Waals surface area contributed by atoms with Gasteiger partial charge in [-0.3, -0.25) is 9.10 Å². The maximum atomic E-state index is 13.3. The SMILES string of the molecule is Cc1ccc(N(CC(=O)N/N=C/c2ccccc2O)S(=O)(=O)c2ccc(F)cc2)cc1. The molecule has 2 N–H and O–H groups in total. The minimum Gasteiger partial charge on any atom is -0.507 e. The minimum atomic E-state index is -4.15. The summed E-state index contributed by atoms with van der Waals surface area (Å²) in [5.74, 6) is -1.28. The van der Waals surface area contributed by atoms with Gasteiger partial charge in [0.2, 0.25) is 0 Å². The second-order valence-corrected chi connectivity index (χ2v) is 8.52. The van der Waals surface area contributed by atoms with Crippen LogP contribution in [0.5, 0.6) is 5.75 Å². The Balaban J connectivity index is 1.84. The summed E-state index contributed by atoms with van der Waals surface area (Å²) in [4.78, 5) is 12.3. The van der Waals surface area contributed by atoms with Gasteiger partial charge >= 0.3 is 0 Å². The Labute approximate surface area is 179 Å². The van der Waals surface area contributed by atoms with Crippen molar-refractivity contribution in [1.82, 2.24) is 5.43 Å². The minimum absolute atomic E-state index is 0.0133. The quantitative estimate of drug-likeness (QED) is 0.435. The third-order valence-electron chi connectivity index (χ3n) is 4.34. The lowest BCUT2D eigenvalue weighted by molar-refractivity contribution is -0.119. The topological polar surface area (TPSA) is 99.1 Å². The molecule has 3 aromatic rings. The number of para-hydroxylation sites is 1. The van der Waals surface area contributed by atoms with E-state index < -0.39 is 28.3 Å². The predicted octanol–water partition coefficient (Wildman–Crippen LogP) is 3.19. The van der Waals surface area contributed by atoms with Gasteiger partial charge in [0.05, 0.1) is 16.8 Å². The number of phenols is 1. The molecule has 0 spiro atoms. The van der Waals surface area contributed by atoms with Crippen LogP contribution in [0.15, 0.2) is 82.8 Å². The smallest absolute Gasteiger partial charge is 0.264 e. The molecule has 0 aliphatic heterocycles. The monoisotopic (exact) mass is 441 g/mol. The summed E-state index contributed by atoms with van der Waals surface area (Å²) in [6, 6.07) is 17.4. The molecular weight excluding hydrogens is 421 g/mol. The van der Waals surface area contributed by atoms with E-state index in [1.165, 1.54) is 12.3 Å². The third kappa shape index (κ3) is 5.46. The highest BCUT2D eigenvalue weighted by atomic mass is 32.2. The average Bonchev–Trinajstić information content (AvgIpc) is 2.74. The molecule has 0 bridgehead atoms. The molecule has 3 rings (SSSR count). The van der Waals surface area contributed by atoms with Gasteiger partial charge in [-0.25, -0.2) is 18.2 Å². The maximum absolute atomic E-state index is 13.3. The van der Waals surface area contributed by atoms with Crippen molar-refractivity contribution >= 4 is 27.8 Å². The summed E-state index contributed by atoms with van der Waals surface area (Å²) < 4.78 is 40.5. The second-order valence-electron chi connectivity index (χ2n) is 6.65. The molecular formula is C22H20FN3O4S. The van der Waals surface area contributed by atoms with Crippen LogP contribution in [0.25, 0.3) is 0 Å². The number of carbonyl (C=O) groups excluding carboxylic acids is 1. The zero-order chi connectivity index (χ0) is 22.4. The molecule has 0 radical (unpaired) electrons. The van der Waals surface area contributed by atoms with Gasteiger partial charge in [0.15, 0.2) is 0 Å². The van der Waals surface area contributed by atoms with E-state index in [4.69, 9.17) is 0 Å². The largest absolute Gasteiger partial charge is 0.507 e. The molecule has 0 fully saturated rings. The number of sulfonamides is 1. The van der Waals surface area contributed by atoms with Gasteiger partial charge in [-0.05, 0) is 55.5 Å². The first-order chi connectivity index (χ1) is 14.8.